The van der Waals surface area contributed by atoms with Crippen LogP contribution in [0.2, 0.25) is 0 Å². The largest absolute Gasteiger partial charge is 0.351 e. The first kappa shape index (κ1) is 14.9. The monoisotopic (exact) mass is 230 g/mol. The molecule has 0 spiro atoms. The van der Waals surface area contributed by atoms with Gasteiger partial charge in [0.1, 0.15) is 0 Å². The summed E-state index contributed by atoms with van der Waals surface area (Å²) in [7, 11) is 0. The number of nitrogens with one attached hydrogen (secondary N) is 1. The predicted molar refractivity (Wildman–Crippen MR) is 62.7 cm³/mol. The van der Waals surface area contributed by atoms with Crippen molar-refractivity contribution < 1.29 is 9.59 Å². The van der Waals surface area contributed by atoms with Crippen LogP contribution in [0.3, 0.4) is 0 Å². The number of rotatable bonds is 7. The molecule has 16 heavy (non-hydrogen) atoms. The summed E-state index contributed by atoms with van der Waals surface area (Å²) in [5, 5.41) is 2.05. The summed E-state index contributed by atoms with van der Waals surface area (Å²) in [6, 6.07) is -0.510. The molecule has 3 amide bonds. The summed E-state index contributed by atoms with van der Waals surface area (Å²) >= 11 is 0. The Morgan fingerprint density at radius 2 is 1.88 bits per heavy atom. The van der Waals surface area contributed by atoms with Crippen molar-refractivity contribution in [2.45, 2.75) is 32.7 Å². The number of carbonyl (C=O) groups is 2. The van der Waals surface area contributed by atoms with E-state index in [1.807, 2.05) is 4.90 Å². The highest BCUT2D eigenvalue weighted by Gasteiger charge is 2.17. The second-order valence-electron chi connectivity index (χ2n) is 3.64. The summed E-state index contributed by atoms with van der Waals surface area (Å²) < 4.78 is 0. The first-order valence-corrected chi connectivity index (χ1v) is 5.58. The number of urea groups is 1. The fourth-order valence-corrected chi connectivity index (χ4v) is 1.72. The maximum Gasteiger partial charge on any atom is 0.318 e. The topological polar surface area (TPSA) is 101 Å². The van der Waals surface area contributed by atoms with E-state index in [0.717, 1.165) is 12.8 Å². The lowest BCUT2D eigenvalue weighted by Crippen LogP contribution is -2.47. The Hall–Kier alpha value is -1.14. The van der Waals surface area contributed by atoms with Crippen LogP contribution in [-0.2, 0) is 4.79 Å². The molecule has 0 atom stereocenters. The summed E-state index contributed by atoms with van der Waals surface area (Å²) in [4.78, 5) is 23.9. The zero-order valence-corrected chi connectivity index (χ0v) is 10.0. The van der Waals surface area contributed by atoms with Crippen molar-refractivity contribution in [3.8, 4) is 0 Å². The van der Waals surface area contributed by atoms with Crippen LogP contribution in [-0.4, -0.2) is 42.5 Å². The van der Waals surface area contributed by atoms with E-state index in [0.29, 0.717) is 19.1 Å². The lowest BCUT2D eigenvalue weighted by Gasteiger charge is -2.29. The molecule has 0 aliphatic heterocycles. The number of nitrogens with zero attached hydrogens (tertiary/aromatic N) is 1. The number of carbonyl (C=O) groups excluding carboxylic acids is 2. The van der Waals surface area contributed by atoms with Crippen molar-refractivity contribution in [3.05, 3.63) is 0 Å². The molecule has 0 radical (unpaired) electrons. The predicted octanol–water partition coefficient (Wildman–Crippen LogP) is -0.369. The van der Waals surface area contributed by atoms with Gasteiger partial charge in [0.15, 0.2) is 0 Å². The van der Waals surface area contributed by atoms with Crippen LogP contribution < -0.4 is 16.8 Å². The molecule has 94 valence electrons. The number of nitrogens with two attached hydrogens (primary N) is 2. The number of hydrogen-bond acceptors (Lipinski definition) is 4. The molecule has 0 saturated carbocycles. The quantitative estimate of drug-likeness (QED) is 0.555. The minimum atomic E-state index is -0.817. The summed E-state index contributed by atoms with van der Waals surface area (Å²) in [6.45, 7) is 5.40. The molecule has 0 fully saturated rings. The first-order valence-electron chi connectivity index (χ1n) is 5.58. The molecule has 6 heteroatoms. The van der Waals surface area contributed by atoms with E-state index >= 15 is 0 Å². The van der Waals surface area contributed by atoms with Gasteiger partial charge in [-0.15, -0.1) is 0 Å². The zero-order chi connectivity index (χ0) is 12.6. The van der Waals surface area contributed by atoms with Gasteiger partial charge < -0.3 is 11.5 Å². The van der Waals surface area contributed by atoms with Gasteiger partial charge in [0.05, 0.1) is 6.54 Å². The van der Waals surface area contributed by atoms with E-state index in [4.69, 9.17) is 11.5 Å². The highest BCUT2D eigenvalue weighted by Crippen LogP contribution is 2.07. The molecule has 5 N–H and O–H groups in total. The number of amides is 3. The van der Waals surface area contributed by atoms with E-state index in [1.165, 1.54) is 0 Å². The van der Waals surface area contributed by atoms with E-state index in [1.54, 1.807) is 0 Å². The maximum absolute atomic E-state index is 11.4. The highest BCUT2D eigenvalue weighted by atomic mass is 16.2. The van der Waals surface area contributed by atoms with Crippen LogP contribution in [0.15, 0.2) is 0 Å². The van der Waals surface area contributed by atoms with Crippen LogP contribution in [0.4, 0.5) is 4.79 Å². The van der Waals surface area contributed by atoms with E-state index in [9.17, 15) is 9.59 Å². The third-order valence-electron chi connectivity index (χ3n) is 2.48. The van der Waals surface area contributed by atoms with Crippen LogP contribution in [0.5, 0.6) is 0 Å². The van der Waals surface area contributed by atoms with Crippen molar-refractivity contribution in [1.29, 1.82) is 0 Å². The smallest absolute Gasteiger partial charge is 0.318 e. The molecular weight excluding hydrogens is 208 g/mol. The highest BCUT2D eigenvalue weighted by molar-refractivity contribution is 5.94. The average Bonchev–Trinajstić information content (AvgIpc) is 2.18. The summed E-state index contributed by atoms with van der Waals surface area (Å²) in [5.74, 6) is -0.382. The molecular formula is C10H22N4O2. The normalized spacial score (nSPS) is 10.8. The molecule has 0 unspecified atom stereocenters. The van der Waals surface area contributed by atoms with Gasteiger partial charge in [0.25, 0.3) is 0 Å². The summed E-state index contributed by atoms with van der Waals surface area (Å²) in [5.41, 5.74) is 10.4. The molecule has 0 aromatic rings. The lowest BCUT2D eigenvalue weighted by atomic mass is 10.1. The summed E-state index contributed by atoms with van der Waals surface area (Å²) in [6.07, 6.45) is 1.89. The fourth-order valence-electron chi connectivity index (χ4n) is 1.72. The lowest BCUT2D eigenvalue weighted by molar-refractivity contribution is -0.121. The van der Waals surface area contributed by atoms with Gasteiger partial charge in [-0.05, 0) is 12.8 Å². The Labute approximate surface area is 96.3 Å². The SMILES string of the molecule is CCC(CC)N(CCN)CC(=O)NC(N)=O. The molecule has 0 aromatic heterocycles. The molecule has 6 nitrogen and oxygen atoms in total. The Morgan fingerprint density at radius 3 is 2.25 bits per heavy atom. The van der Waals surface area contributed by atoms with Crippen molar-refractivity contribution in [1.82, 2.24) is 10.2 Å². The average molecular weight is 230 g/mol. The Bertz CT molecular complexity index is 229. The van der Waals surface area contributed by atoms with Gasteiger partial charge in [-0.1, -0.05) is 13.8 Å². The minimum Gasteiger partial charge on any atom is -0.351 e. The fraction of sp³-hybridized carbons (Fsp3) is 0.800. The third-order valence-corrected chi connectivity index (χ3v) is 2.48. The van der Waals surface area contributed by atoms with Crippen LogP contribution in [0, 0.1) is 0 Å². The van der Waals surface area contributed by atoms with E-state index in [2.05, 4.69) is 19.2 Å². The van der Waals surface area contributed by atoms with Gasteiger partial charge in [-0.3, -0.25) is 15.0 Å². The molecule has 0 aromatic carbocycles. The molecule has 0 aliphatic rings. The Kier molecular flexibility index (Phi) is 7.49. The van der Waals surface area contributed by atoms with Gasteiger partial charge in [-0.25, -0.2) is 4.79 Å². The van der Waals surface area contributed by atoms with Crippen molar-refractivity contribution >= 4 is 11.9 Å². The second-order valence-corrected chi connectivity index (χ2v) is 3.64. The molecule has 0 rings (SSSR count). The van der Waals surface area contributed by atoms with Crippen LogP contribution in [0.1, 0.15) is 26.7 Å². The number of hydrogen-bond donors (Lipinski definition) is 3. The second kappa shape index (κ2) is 8.06. The molecule has 0 heterocycles. The standard InChI is InChI=1S/C10H22N4O2/c1-3-8(4-2)14(6-5-11)7-9(15)13-10(12)16/h8H,3-7,11H2,1-2H3,(H3,12,13,15,16). The number of imide groups is 1. The third kappa shape index (κ3) is 5.67. The van der Waals surface area contributed by atoms with Gasteiger partial charge in [-0.2, -0.15) is 0 Å². The van der Waals surface area contributed by atoms with Crippen LogP contribution in [0.25, 0.3) is 0 Å². The van der Waals surface area contributed by atoms with Crippen molar-refractivity contribution in [2.24, 2.45) is 11.5 Å². The van der Waals surface area contributed by atoms with Crippen molar-refractivity contribution in [3.63, 3.8) is 0 Å². The first-order chi connectivity index (χ1) is 7.54. The van der Waals surface area contributed by atoms with Crippen molar-refractivity contribution in [2.75, 3.05) is 19.6 Å². The number of primary amides is 1. The Morgan fingerprint density at radius 1 is 1.31 bits per heavy atom. The molecule has 0 bridgehead atoms. The van der Waals surface area contributed by atoms with E-state index in [-0.39, 0.29) is 12.5 Å². The van der Waals surface area contributed by atoms with E-state index < -0.39 is 6.03 Å². The Balaban J connectivity index is 4.30. The minimum absolute atomic E-state index is 0.159. The molecule has 0 aliphatic carbocycles. The van der Waals surface area contributed by atoms with Gasteiger partial charge in [0.2, 0.25) is 5.91 Å². The molecule has 0 saturated heterocycles. The van der Waals surface area contributed by atoms with Gasteiger partial charge >= 0.3 is 6.03 Å². The van der Waals surface area contributed by atoms with Gasteiger partial charge in [0, 0.05) is 19.1 Å². The van der Waals surface area contributed by atoms with Crippen LogP contribution >= 0.6 is 0 Å². The zero-order valence-electron chi connectivity index (χ0n) is 10.0. The maximum atomic E-state index is 11.4.